The van der Waals surface area contributed by atoms with E-state index in [4.69, 9.17) is 18.0 Å². The number of hydrogen-bond acceptors (Lipinski definition) is 4. The molecule has 0 atom stereocenters. The minimum absolute atomic E-state index is 0.158. The molecular weight excluding hydrogens is 270 g/mol. The van der Waals surface area contributed by atoms with Crippen LogP contribution in [0.25, 0.3) is 0 Å². The van der Waals surface area contributed by atoms with Crippen LogP contribution in [0, 0.1) is 5.92 Å². The van der Waals surface area contributed by atoms with Gasteiger partial charge in [0.15, 0.2) is 0 Å². The number of aromatic nitrogens is 1. The Kier molecular flexibility index (Phi) is 3.65. The highest BCUT2D eigenvalue weighted by atomic mass is 32.2. The van der Waals surface area contributed by atoms with Crippen LogP contribution in [0.2, 0.25) is 0 Å². The van der Waals surface area contributed by atoms with Gasteiger partial charge in [0.1, 0.15) is 9.88 Å². The monoisotopic (exact) mass is 285 g/mol. The quantitative estimate of drug-likeness (QED) is 0.808. The summed E-state index contributed by atoms with van der Waals surface area (Å²) in [6.07, 6.45) is 3.52. The van der Waals surface area contributed by atoms with Crippen molar-refractivity contribution in [3.8, 4) is 0 Å². The summed E-state index contributed by atoms with van der Waals surface area (Å²) >= 11 is 4.77. The van der Waals surface area contributed by atoms with Crippen molar-refractivity contribution in [3.05, 3.63) is 24.0 Å². The predicted octanol–water partition coefficient (Wildman–Crippen LogP) is 0.746. The molecule has 0 aromatic carbocycles. The van der Waals surface area contributed by atoms with Crippen molar-refractivity contribution in [2.24, 2.45) is 11.7 Å². The summed E-state index contributed by atoms with van der Waals surface area (Å²) < 4.78 is 25.8. The maximum atomic E-state index is 12.2. The van der Waals surface area contributed by atoms with Crippen LogP contribution in [0.5, 0.6) is 0 Å². The lowest BCUT2D eigenvalue weighted by molar-refractivity contribution is 0.452. The van der Waals surface area contributed by atoms with Crippen LogP contribution in [0.15, 0.2) is 23.2 Å². The van der Waals surface area contributed by atoms with Gasteiger partial charge >= 0.3 is 0 Å². The van der Waals surface area contributed by atoms with Gasteiger partial charge in [0, 0.05) is 19.8 Å². The first-order valence-corrected chi connectivity index (χ1v) is 7.48. The SMILES string of the molecule is CN(CC1CC1)S(=O)(=O)c1ccc(C(N)=S)nc1. The Balaban J connectivity index is 2.20. The molecule has 0 aliphatic heterocycles. The minimum atomic E-state index is -3.45. The van der Waals surface area contributed by atoms with Crippen molar-refractivity contribution < 1.29 is 8.42 Å². The molecule has 1 saturated carbocycles. The molecule has 0 radical (unpaired) electrons. The number of sulfonamides is 1. The Morgan fingerprint density at radius 3 is 2.67 bits per heavy atom. The van der Waals surface area contributed by atoms with E-state index in [1.165, 1.54) is 22.6 Å². The fraction of sp³-hybridized carbons (Fsp3) is 0.455. The third-order valence-corrected chi connectivity index (χ3v) is 4.93. The lowest BCUT2D eigenvalue weighted by Crippen LogP contribution is -2.29. The average molecular weight is 285 g/mol. The molecule has 2 rings (SSSR count). The van der Waals surface area contributed by atoms with E-state index in [9.17, 15) is 8.42 Å². The largest absolute Gasteiger partial charge is 0.388 e. The summed E-state index contributed by atoms with van der Waals surface area (Å²) in [5.41, 5.74) is 5.84. The van der Waals surface area contributed by atoms with E-state index in [0.29, 0.717) is 18.2 Å². The number of nitrogens with two attached hydrogens (primary N) is 1. The molecular formula is C11H15N3O2S2. The van der Waals surface area contributed by atoms with Gasteiger partial charge in [-0.1, -0.05) is 12.2 Å². The van der Waals surface area contributed by atoms with Crippen LogP contribution < -0.4 is 5.73 Å². The molecule has 18 heavy (non-hydrogen) atoms. The fourth-order valence-corrected chi connectivity index (χ4v) is 2.93. The maximum absolute atomic E-state index is 12.2. The van der Waals surface area contributed by atoms with E-state index in [-0.39, 0.29) is 9.88 Å². The van der Waals surface area contributed by atoms with Crippen LogP contribution in [0.4, 0.5) is 0 Å². The number of hydrogen-bond donors (Lipinski definition) is 1. The third kappa shape index (κ3) is 2.85. The van der Waals surface area contributed by atoms with Gasteiger partial charge in [-0.05, 0) is 30.9 Å². The Labute approximate surface area is 112 Å². The zero-order chi connectivity index (χ0) is 13.3. The van der Waals surface area contributed by atoms with Crippen molar-refractivity contribution in [1.29, 1.82) is 0 Å². The number of nitrogens with zero attached hydrogens (tertiary/aromatic N) is 2. The molecule has 5 nitrogen and oxygen atoms in total. The van der Waals surface area contributed by atoms with Gasteiger partial charge in [-0.3, -0.25) is 4.98 Å². The first-order valence-electron chi connectivity index (χ1n) is 5.63. The van der Waals surface area contributed by atoms with E-state index in [2.05, 4.69) is 4.98 Å². The topological polar surface area (TPSA) is 76.3 Å². The summed E-state index contributed by atoms with van der Waals surface area (Å²) in [4.78, 5) is 4.28. The third-order valence-electron chi connectivity index (χ3n) is 2.91. The van der Waals surface area contributed by atoms with Gasteiger partial charge in [-0.2, -0.15) is 0 Å². The molecule has 0 amide bonds. The summed E-state index contributed by atoms with van der Waals surface area (Å²) in [6, 6.07) is 3.01. The van der Waals surface area contributed by atoms with E-state index >= 15 is 0 Å². The zero-order valence-electron chi connectivity index (χ0n) is 10.0. The molecule has 2 N–H and O–H groups in total. The molecule has 1 aromatic rings. The number of pyridine rings is 1. The first kappa shape index (κ1) is 13.4. The lowest BCUT2D eigenvalue weighted by Gasteiger charge is -2.16. The highest BCUT2D eigenvalue weighted by Crippen LogP contribution is 2.30. The maximum Gasteiger partial charge on any atom is 0.244 e. The Morgan fingerprint density at radius 2 is 2.22 bits per heavy atom. The second-order valence-corrected chi connectivity index (χ2v) is 6.96. The van der Waals surface area contributed by atoms with Crippen molar-refractivity contribution in [3.63, 3.8) is 0 Å². The number of rotatable bonds is 5. The summed E-state index contributed by atoms with van der Waals surface area (Å²) in [5, 5.41) is 0. The van der Waals surface area contributed by atoms with Gasteiger partial charge in [0.2, 0.25) is 10.0 Å². The van der Waals surface area contributed by atoms with Crippen molar-refractivity contribution in [1.82, 2.24) is 9.29 Å². The number of thiocarbonyl (C=S) groups is 1. The van der Waals surface area contributed by atoms with Crippen molar-refractivity contribution in [2.75, 3.05) is 13.6 Å². The Hall–Kier alpha value is -1.05. The van der Waals surface area contributed by atoms with Gasteiger partial charge in [0.25, 0.3) is 0 Å². The summed E-state index contributed by atoms with van der Waals surface area (Å²) in [7, 11) is -1.86. The van der Waals surface area contributed by atoms with Gasteiger partial charge < -0.3 is 5.73 Å². The summed E-state index contributed by atoms with van der Waals surface area (Å²) in [5.74, 6) is 0.508. The van der Waals surface area contributed by atoms with E-state index in [0.717, 1.165) is 12.8 Å². The molecule has 0 unspecified atom stereocenters. The average Bonchev–Trinajstić information content (AvgIpc) is 3.13. The lowest BCUT2D eigenvalue weighted by atomic mass is 10.3. The van der Waals surface area contributed by atoms with E-state index < -0.39 is 10.0 Å². The van der Waals surface area contributed by atoms with Crippen LogP contribution in [-0.4, -0.2) is 36.3 Å². The van der Waals surface area contributed by atoms with Crippen molar-refractivity contribution in [2.45, 2.75) is 17.7 Å². The zero-order valence-corrected chi connectivity index (χ0v) is 11.7. The molecule has 0 saturated heterocycles. The van der Waals surface area contributed by atoms with Gasteiger partial charge in [-0.25, -0.2) is 12.7 Å². The van der Waals surface area contributed by atoms with Gasteiger partial charge in [0.05, 0.1) is 5.69 Å². The highest BCUT2D eigenvalue weighted by molar-refractivity contribution is 7.89. The molecule has 7 heteroatoms. The second kappa shape index (κ2) is 4.91. The Morgan fingerprint density at radius 1 is 1.56 bits per heavy atom. The standard InChI is InChI=1S/C11H15N3O2S2/c1-14(7-8-2-3-8)18(15,16)9-4-5-10(11(12)17)13-6-9/h4-6,8H,2-3,7H2,1H3,(H2,12,17). The second-order valence-electron chi connectivity index (χ2n) is 4.47. The molecule has 0 spiro atoms. The first-order chi connectivity index (χ1) is 8.41. The smallest absolute Gasteiger partial charge is 0.244 e. The van der Waals surface area contributed by atoms with Crippen LogP contribution >= 0.6 is 12.2 Å². The van der Waals surface area contributed by atoms with Gasteiger partial charge in [-0.15, -0.1) is 0 Å². The fourth-order valence-electron chi connectivity index (χ4n) is 1.62. The molecule has 1 aliphatic carbocycles. The molecule has 1 fully saturated rings. The molecule has 1 aliphatic rings. The highest BCUT2D eigenvalue weighted by Gasteiger charge is 2.29. The normalized spacial score (nSPS) is 15.9. The minimum Gasteiger partial charge on any atom is -0.388 e. The van der Waals surface area contributed by atoms with Crippen LogP contribution in [-0.2, 0) is 10.0 Å². The predicted molar refractivity (Wildman–Crippen MR) is 72.7 cm³/mol. The summed E-state index contributed by atoms with van der Waals surface area (Å²) in [6.45, 7) is 0.569. The molecule has 1 aromatic heterocycles. The van der Waals surface area contributed by atoms with Crippen molar-refractivity contribution >= 4 is 27.2 Å². The van der Waals surface area contributed by atoms with E-state index in [1.54, 1.807) is 7.05 Å². The van der Waals surface area contributed by atoms with E-state index in [1.807, 2.05) is 0 Å². The van der Waals surface area contributed by atoms with Crippen LogP contribution in [0.1, 0.15) is 18.5 Å². The molecule has 98 valence electrons. The molecule has 1 heterocycles. The molecule has 0 bridgehead atoms. The van der Waals surface area contributed by atoms with Crippen LogP contribution in [0.3, 0.4) is 0 Å². The Bertz CT molecular complexity index is 550.